The molecule has 0 aliphatic rings. The van der Waals surface area contributed by atoms with E-state index in [0.717, 1.165) is 4.57 Å². The maximum atomic E-state index is 13.2. The van der Waals surface area contributed by atoms with Crippen LogP contribution in [0.5, 0.6) is 0 Å². The van der Waals surface area contributed by atoms with E-state index in [0.29, 0.717) is 10.6 Å². The molecule has 3 rings (SSSR count). The normalized spacial score (nSPS) is 11.1. The molecule has 0 unspecified atom stereocenters. The molecule has 0 atom stereocenters. The first kappa shape index (κ1) is 20.5. The summed E-state index contributed by atoms with van der Waals surface area (Å²) in [6, 6.07) is 10.7. The number of aromatic nitrogens is 2. The average molecular weight is 414 g/mol. The fraction of sp³-hybridized carbons (Fsp3) is 0.238. The number of ketones is 1. The van der Waals surface area contributed by atoms with Crippen LogP contribution >= 0.6 is 11.6 Å². The van der Waals surface area contributed by atoms with E-state index in [2.05, 4.69) is 5.32 Å². The summed E-state index contributed by atoms with van der Waals surface area (Å²) in [5.74, 6) is -0.560. The van der Waals surface area contributed by atoms with Crippen LogP contribution in [0.4, 0.5) is 0 Å². The second-order valence-electron chi connectivity index (χ2n) is 7.00. The van der Waals surface area contributed by atoms with Gasteiger partial charge in [-0.3, -0.25) is 19.0 Å². The fourth-order valence-electron chi connectivity index (χ4n) is 3.10. The number of nitrogens with one attached hydrogen (secondary N) is 1. The van der Waals surface area contributed by atoms with E-state index in [1.807, 2.05) is 13.8 Å². The minimum atomic E-state index is -0.690. The first-order valence-electron chi connectivity index (χ1n) is 9.05. The molecule has 0 saturated carbocycles. The summed E-state index contributed by atoms with van der Waals surface area (Å²) in [5.41, 5.74) is -0.352. The fourth-order valence-corrected chi connectivity index (χ4v) is 3.26. The lowest BCUT2D eigenvalue weighted by Gasteiger charge is -2.15. The van der Waals surface area contributed by atoms with E-state index in [9.17, 15) is 19.2 Å². The SMILES string of the molecule is CC(=O)c1cccc(-n2c(=O)c3ccc(Cl)cc3n(CC(=O)NC(C)C)c2=O)c1. The zero-order chi connectivity index (χ0) is 21.3. The van der Waals surface area contributed by atoms with Crippen molar-refractivity contribution in [2.45, 2.75) is 33.4 Å². The van der Waals surface area contributed by atoms with Crippen LogP contribution in [0.3, 0.4) is 0 Å². The van der Waals surface area contributed by atoms with E-state index in [1.165, 1.54) is 29.7 Å². The minimum absolute atomic E-state index is 0.105. The van der Waals surface area contributed by atoms with Gasteiger partial charge >= 0.3 is 5.69 Å². The molecule has 0 saturated heterocycles. The number of hydrogen-bond donors (Lipinski definition) is 1. The highest BCUT2D eigenvalue weighted by atomic mass is 35.5. The Morgan fingerprint density at radius 1 is 1.10 bits per heavy atom. The van der Waals surface area contributed by atoms with E-state index in [4.69, 9.17) is 11.6 Å². The van der Waals surface area contributed by atoms with Crippen LogP contribution in [-0.2, 0) is 11.3 Å². The van der Waals surface area contributed by atoms with Gasteiger partial charge in [0.1, 0.15) is 6.54 Å². The van der Waals surface area contributed by atoms with Crippen molar-refractivity contribution in [1.82, 2.24) is 14.5 Å². The van der Waals surface area contributed by atoms with E-state index in [1.54, 1.807) is 24.3 Å². The molecule has 1 aromatic heterocycles. The van der Waals surface area contributed by atoms with Crippen molar-refractivity contribution in [3.63, 3.8) is 0 Å². The third-order valence-corrected chi connectivity index (χ3v) is 4.60. The average Bonchev–Trinajstić information content (AvgIpc) is 2.64. The summed E-state index contributed by atoms with van der Waals surface area (Å²) < 4.78 is 2.17. The van der Waals surface area contributed by atoms with Gasteiger partial charge in [0, 0.05) is 16.6 Å². The van der Waals surface area contributed by atoms with Crippen molar-refractivity contribution in [1.29, 1.82) is 0 Å². The lowest BCUT2D eigenvalue weighted by atomic mass is 10.1. The van der Waals surface area contributed by atoms with Crippen LogP contribution in [0.2, 0.25) is 5.02 Å². The highest BCUT2D eigenvalue weighted by molar-refractivity contribution is 6.31. The molecule has 7 nitrogen and oxygen atoms in total. The number of rotatable bonds is 5. The molecule has 29 heavy (non-hydrogen) atoms. The summed E-state index contributed by atoms with van der Waals surface area (Å²) in [4.78, 5) is 50.4. The maximum Gasteiger partial charge on any atom is 0.336 e. The lowest BCUT2D eigenvalue weighted by molar-refractivity contribution is -0.122. The number of carbonyl (C=O) groups excluding carboxylic acids is 2. The van der Waals surface area contributed by atoms with Gasteiger partial charge in [0.2, 0.25) is 5.91 Å². The molecule has 0 fully saturated rings. The third-order valence-electron chi connectivity index (χ3n) is 4.37. The predicted octanol–water partition coefficient (Wildman–Crippen LogP) is 2.53. The number of Topliss-reactive ketones (excluding diaryl/α,β-unsaturated/α-hetero) is 1. The molecule has 8 heteroatoms. The van der Waals surface area contributed by atoms with Crippen molar-refractivity contribution in [3.8, 4) is 5.69 Å². The van der Waals surface area contributed by atoms with Crippen LogP contribution in [0, 0.1) is 0 Å². The lowest BCUT2D eigenvalue weighted by Crippen LogP contribution is -2.42. The summed E-state index contributed by atoms with van der Waals surface area (Å²) in [7, 11) is 0. The molecule has 0 aliphatic heterocycles. The molecule has 0 spiro atoms. The molecule has 0 radical (unpaired) electrons. The van der Waals surface area contributed by atoms with Crippen LogP contribution in [0.15, 0.2) is 52.1 Å². The smallest absolute Gasteiger partial charge is 0.336 e. The predicted molar refractivity (Wildman–Crippen MR) is 112 cm³/mol. The molecule has 1 N–H and O–H groups in total. The van der Waals surface area contributed by atoms with Gasteiger partial charge in [0.15, 0.2) is 5.78 Å². The summed E-state index contributed by atoms with van der Waals surface area (Å²) in [6.07, 6.45) is 0. The Labute approximate surface area is 171 Å². The Morgan fingerprint density at radius 3 is 2.48 bits per heavy atom. The maximum absolute atomic E-state index is 13.2. The van der Waals surface area contributed by atoms with Gasteiger partial charge in [-0.1, -0.05) is 23.7 Å². The molecular weight excluding hydrogens is 394 g/mol. The molecule has 0 bridgehead atoms. The van der Waals surface area contributed by atoms with Crippen molar-refractivity contribution < 1.29 is 9.59 Å². The number of halogens is 1. The second-order valence-corrected chi connectivity index (χ2v) is 7.44. The number of hydrogen-bond acceptors (Lipinski definition) is 4. The van der Waals surface area contributed by atoms with Crippen molar-refractivity contribution >= 4 is 34.2 Å². The van der Waals surface area contributed by atoms with Crippen LogP contribution in [-0.4, -0.2) is 26.9 Å². The van der Waals surface area contributed by atoms with Gasteiger partial charge in [0.25, 0.3) is 5.56 Å². The summed E-state index contributed by atoms with van der Waals surface area (Å²) in [5, 5.41) is 3.31. The Bertz CT molecular complexity index is 1240. The molecule has 150 valence electrons. The van der Waals surface area contributed by atoms with Gasteiger partial charge in [-0.05, 0) is 51.1 Å². The summed E-state index contributed by atoms with van der Waals surface area (Å²) >= 11 is 6.07. The zero-order valence-electron chi connectivity index (χ0n) is 16.2. The standard InChI is InChI=1S/C21H20ClN3O4/c1-12(2)23-19(27)11-24-18-10-15(22)7-8-17(18)20(28)25(21(24)29)16-6-4-5-14(9-16)13(3)26/h4-10,12H,11H2,1-3H3,(H,23,27). The monoisotopic (exact) mass is 413 g/mol. The van der Waals surface area contributed by atoms with Crippen LogP contribution in [0.25, 0.3) is 16.6 Å². The Morgan fingerprint density at radius 2 is 1.83 bits per heavy atom. The number of amides is 1. The first-order valence-corrected chi connectivity index (χ1v) is 9.42. The molecule has 3 aromatic rings. The Balaban J connectivity index is 2.32. The molecule has 2 aromatic carbocycles. The number of carbonyl (C=O) groups is 2. The zero-order valence-corrected chi connectivity index (χ0v) is 17.0. The topological polar surface area (TPSA) is 90.2 Å². The van der Waals surface area contributed by atoms with Crippen LogP contribution < -0.4 is 16.6 Å². The number of fused-ring (bicyclic) bond motifs is 1. The van der Waals surface area contributed by atoms with E-state index in [-0.39, 0.29) is 40.9 Å². The summed E-state index contributed by atoms with van der Waals surface area (Å²) in [6.45, 7) is 4.74. The van der Waals surface area contributed by atoms with Crippen molar-refractivity contribution in [2.24, 2.45) is 0 Å². The molecule has 1 heterocycles. The van der Waals surface area contributed by atoms with Gasteiger partial charge in [-0.15, -0.1) is 0 Å². The Kier molecular flexibility index (Phi) is 5.70. The van der Waals surface area contributed by atoms with Gasteiger partial charge < -0.3 is 5.32 Å². The second kappa shape index (κ2) is 8.05. The van der Waals surface area contributed by atoms with E-state index < -0.39 is 11.2 Å². The highest BCUT2D eigenvalue weighted by Gasteiger charge is 2.18. The molecule has 1 amide bonds. The van der Waals surface area contributed by atoms with Gasteiger partial charge in [-0.25, -0.2) is 9.36 Å². The third kappa shape index (κ3) is 4.14. The Hall–Kier alpha value is -3.19. The quantitative estimate of drug-likeness (QED) is 0.651. The number of nitrogens with zero attached hydrogens (tertiary/aromatic N) is 2. The highest BCUT2D eigenvalue weighted by Crippen LogP contribution is 2.17. The molecular formula is C21H20ClN3O4. The minimum Gasteiger partial charge on any atom is -0.352 e. The largest absolute Gasteiger partial charge is 0.352 e. The molecule has 0 aliphatic carbocycles. The first-order chi connectivity index (χ1) is 13.7. The van der Waals surface area contributed by atoms with Crippen molar-refractivity contribution in [2.75, 3.05) is 0 Å². The van der Waals surface area contributed by atoms with Gasteiger partial charge in [0.05, 0.1) is 16.6 Å². The van der Waals surface area contributed by atoms with Gasteiger partial charge in [-0.2, -0.15) is 0 Å². The van der Waals surface area contributed by atoms with Crippen LogP contribution in [0.1, 0.15) is 31.1 Å². The van der Waals surface area contributed by atoms with Crippen molar-refractivity contribution in [3.05, 3.63) is 73.9 Å². The van der Waals surface area contributed by atoms with E-state index >= 15 is 0 Å². The number of benzene rings is 2.